The number of anilines is 1. The molecule has 1 aliphatic heterocycles. The number of piperidine rings is 1. The number of ether oxygens (including phenoxy) is 1. The molecule has 0 saturated carbocycles. The highest BCUT2D eigenvalue weighted by Crippen LogP contribution is 2.37. The highest BCUT2D eigenvalue weighted by Gasteiger charge is 2.46. The molecular weight excluding hydrogens is 456 g/mol. The van der Waals surface area contributed by atoms with Crippen LogP contribution in [0.3, 0.4) is 0 Å². The van der Waals surface area contributed by atoms with Crippen LogP contribution < -0.4 is 10.1 Å². The van der Waals surface area contributed by atoms with Gasteiger partial charge in [0.1, 0.15) is 0 Å². The van der Waals surface area contributed by atoms with Gasteiger partial charge in [0, 0.05) is 36.5 Å². The zero-order valence-electron chi connectivity index (χ0n) is 16.8. The van der Waals surface area contributed by atoms with Crippen LogP contribution in [0.25, 0.3) is 0 Å². The van der Waals surface area contributed by atoms with E-state index >= 15 is 0 Å². The fourth-order valence-corrected chi connectivity index (χ4v) is 3.51. The Balaban J connectivity index is 1.85. The number of aliphatic hydroxyl groups is 1. The van der Waals surface area contributed by atoms with Gasteiger partial charge in [-0.25, -0.2) is 4.39 Å². The smallest absolute Gasteiger partial charge is 0.351 e. The third-order valence-corrected chi connectivity index (χ3v) is 5.39. The summed E-state index contributed by atoms with van der Waals surface area (Å²) in [7, 11) is 1.11. The molecule has 32 heavy (non-hydrogen) atoms. The molecule has 3 rings (SSSR count). The fraction of sp³-hybridized carbons (Fsp3) is 0.333. The molecule has 2 aromatic carbocycles. The average molecular weight is 475 g/mol. The first kappa shape index (κ1) is 23.8. The molecule has 2 N–H and O–H groups in total. The van der Waals surface area contributed by atoms with Gasteiger partial charge in [-0.05, 0) is 31.0 Å². The van der Waals surface area contributed by atoms with E-state index in [4.69, 9.17) is 11.6 Å². The van der Waals surface area contributed by atoms with E-state index in [9.17, 15) is 32.3 Å². The first-order chi connectivity index (χ1) is 15.0. The van der Waals surface area contributed by atoms with Gasteiger partial charge in [-0.1, -0.05) is 11.6 Å². The van der Waals surface area contributed by atoms with E-state index in [-0.39, 0.29) is 37.2 Å². The molecule has 0 radical (unpaired) electrons. The second kappa shape index (κ2) is 9.33. The minimum atomic E-state index is -4.03. The van der Waals surface area contributed by atoms with Crippen molar-refractivity contribution in [1.29, 1.82) is 0 Å². The second-order valence-corrected chi connectivity index (χ2v) is 7.63. The van der Waals surface area contributed by atoms with Crippen molar-refractivity contribution in [2.75, 3.05) is 25.5 Å². The molecule has 0 aliphatic carbocycles. The number of nitrogens with zero attached hydrogens (tertiary/aromatic N) is 1. The first-order valence-corrected chi connectivity index (χ1v) is 9.92. The van der Waals surface area contributed by atoms with Crippen LogP contribution in [0.5, 0.6) is 5.75 Å². The Morgan fingerprint density at radius 2 is 1.84 bits per heavy atom. The molecule has 2 amide bonds. The lowest BCUT2D eigenvalue weighted by molar-refractivity contribution is -0.161. The van der Waals surface area contributed by atoms with Gasteiger partial charge in [0.2, 0.25) is 5.82 Å². The molecule has 0 atom stereocenters. The molecule has 1 fully saturated rings. The predicted molar refractivity (Wildman–Crippen MR) is 108 cm³/mol. The summed E-state index contributed by atoms with van der Waals surface area (Å²) in [5.41, 5.74) is -1.32. The van der Waals surface area contributed by atoms with Crippen molar-refractivity contribution in [3.63, 3.8) is 0 Å². The summed E-state index contributed by atoms with van der Waals surface area (Å²) in [6.07, 6.45) is -0.302. The predicted octanol–water partition coefficient (Wildman–Crippen LogP) is 3.95. The maximum atomic E-state index is 15.0. The summed E-state index contributed by atoms with van der Waals surface area (Å²) >= 11 is 5.90. The highest BCUT2D eigenvalue weighted by atomic mass is 35.5. The Kier molecular flexibility index (Phi) is 6.94. The second-order valence-electron chi connectivity index (χ2n) is 7.22. The molecule has 0 spiro atoms. The van der Waals surface area contributed by atoms with Crippen LogP contribution in [0, 0.1) is 11.6 Å². The zero-order valence-corrected chi connectivity index (χ0v) is 17.6. The summed E-state index contributed by atoms with van der Waals surface area (Å²) < 4.78 is 61.9. The van der Waals surface area contributed by atoms with Crippen molar-refractivity contribution in [2.24, 2.45) is 0 Å². The quantitative estimate of drug-likeness (QED) is 0.643. The summed E-state index contributed by atoms with van der Waals surface area (Å²) in [5, 5.41) is 11.3. The molecule has 1 aliphatic rings. The number of rotatable bonds is 5. The first-order valence-electron chi connectivity index (χ1n) is 9.54. The average Bonchev–Trinajstić information content (AvgIpc) is 2.76. The largest absolute Gasteiger partial charge is 0.493 e. The van der Waals surface area contributed by atoms with Crippen molar-refractivity contribution < 1.29 is 37.0 Å². The Morgan fingerprint density at radius 1 is 1.19 bits per heavy atom. The number of carbonyl (C=O) groups excluding carboxylic acids is 2. The van der Waals surface area contributed by atoms with Crippen molar-refractivity contribution in [3.05, 3.63) is 58.1 Å². The number of nitrogens with one attached hydrogen (secondary N) is 1. The topological polar surface area (TPSA) is 78.9 Å². The van der Waals surface area contributed by atoms with Crippen LogP contribution in [-0.4, -0.2) is 48.1 Å². The van der Waals surface area contributed by atoms with E-state index in [1.54, 1.807) is 0 Å². The lowest BCUT2D eigenvalue weighted by atomic mass is 10.0. The van der Waals surface area contributed by atoms with Crippen molar-refractivity contribution in [1.82, 2.24) is 4.90 Å². The van der Waals surface area contributed by atoms with Crippen LogP contribution in [0.2, 0.25) is 5.02 Å². The molecule has 1 saturated heterocycles. The summed E-state index contributed by atoms with van der Waals surface area (Å²) in [5.74, 6) is -9.42. The maximum Gasteiger partial charge on any atom is 0.351 e. The van der Waals surface area contributed by atoms with Crippen LogP contribution in [-0.2, 0) is 10.7 Å². The van der Waals surface area contributed by atoms with Crippen LogP contribution >= 0.6 is 11.6 Å². The lowest BCUT2D eigenvalue weighted by Gasteiger charge is -2.32. The lowest BCUT2D eigenvalue weighted by Crippen LogP contribution is -2.47. The van der Waals surface area contributed by atoms with E-state index in [1.807, 2.05) is 0 Å². The molecule has 0 unspecified atom stereocenters. The van der Waals surface area contributed by atoms with E-state index in [1.165, 1.54) is 0 Å². The van der Waals surface area contributed by atoms with Crippen LogP contribution in [0.4, 0.5) is 23.2 Å². The summed E-state index contributed by atoms with van der Waals surface area (Å²) in [6.45, 7) is -0.0727. The number of amides is 2. The molecular formula is C21H19ClF4N2O4. The van der Waals surface area contributed by atoms with Gasteiger partial charge in [0.15, 0.2) is 11.6 Å². The monoisotopic (exact) mass is 474 g/mol. The Bertz CT molecular complexity index is 1040. The molecule has 0 bridgehead atoms. The molecule has 172 valence electrons. The maximum absolute atomic E-state index is 15.0. The zero-order chi connectivity index (χ0) is 23.6. The van der Waals surface area contributed by atoms with Crippen LogP contribution in [0.15, 0.2) is 30.3 Å². The van der Waals surface area contributed by atoms with Gasteiger partial charge in [0.05, 0.1) is 23.8 Å². The molecule has 0 aromatic heterocycles. The Morgan fingerprint density at radius 3 is 2.47 bits per heavy atom. The number of hydrogen-bond acceptors (Lipinski definition) is 4. The van der Waals surface area contributed by atoms with E-state index in [2.05, 4.69) is 10.1 Å². The number of benzene rings is 2. The van der Waals surface area contributed by atoms with Gasteiger partial charge in [-0.15, -0.1) is 0 Å². The molecule has 6 nitrogen and oxygen atoms in total. The summed E-state index contributed by atoms with van der Waals surface area (Å²) in [6, 6.07) is 4.69. The van der Waals surface area contributed by atoms with Crippen molar-refractivity contribution >= 4 is 29.1 Å². The van der Waals surface area contributed by atoms with E-state index < -0.39 is 51.8 Å². The molecule has 1 heterocycles. The standard InChI is InChI=1S/C21H19ClF4N2O4/c1-32-17-10-12(9-16(23)18(17)24)27-19(30)11-2-3-15(22)14(8-11)21(25,26)20(31)28-6-4-13(29)5-7-28/h2-3,8-10,13,29H,4-7H2,1H3,(H,27,30). The SMILES string of the molecule is COc1cc(NC(=O)c2ccc(Cl)c(C(F)(F)C(=O)N3CCC(O)CC3)c2)cc(F)c1F. The van der Waals surface area contributed by atoms with Gasteiger partial charge >= 0.3 is 5.92 Å². The number of likely N-dealkylation sites (tertiary alicyclic amines) is 1. The number of hydrogen-bond donors (Lipinski definition) is 2. The van der Waals surface area contributed by atoms with E-state index in [0.29, 0.717) is 6.07 Å². The minimum absolute atomic E-state index is 0.0364. The molecule has 2 aromatic rings. The third kappa shape index (κ3) is 4.81. The third-order valence-electron chi connectivity index (χ3n) is 5.06. The number of halogens is 5. The van der Waals surface area contributed by atoms with Gasteiger partial charge in [-0.3, -0.25) is 9.59 Å². The minimum Gasteiger partial charge on any atom is -0.493 e. The van der Waals surface area contributed by atoms with E-state index in [0.717, 1.165) is 36.3 Å². The van der Waals surface area contributed by atoms with Crippen molar-refractivity contribution in [3.8, 4) is 5.75 Å². The number of alkyl halides is 2. The van der Waals surface area contributed by atoms with Crippen LogP contribution in [0.1, 0.15) is 28.8 Å². The van der Waals surface area contributed by atoms with Gasteiger partial charge in [-0.2, -0.15) is 13.2 Å². The van der Waals surface area contributed by atoms with Gasteiger partial charge < -0.3 is 20.1 Å². The normalized spacial score (nSPS) is 14.9. The Hall–Kier alpha value is -2.85. The fourth-order valence-electron chi connectivity index (χ4n) is 3.28. The number of aliphatic hydroxyl groups excluding tert-OH is 1. The number of carbonyl (C=O) groups is 2. The highest BCUT2D eigenvalue weighted by molar-refractivity contribution is 6.32. The summed E-state index contributed by atoms with van der Waals surface area (Å²) in [4.78, 5) is 25.9. The van der Waals surface area contributed by atoms with Crippen molar-refractivity contribution in [2.45, 2.75) is 24.9 Å². The number of methoxy groups -OCH3 is 1. The Labute approximate surface area is 185 Å². The molecule has 11 heteroatoms. The van der Waals surface area contributed by atoms with Gasteiger partial charge in [0.25, 0.3) is 11.8 Å².